The molecule has 29 heavy (non-hydrogen) atoms. The standard InChI is InChI=1S/C21H26N6OS/c1-14-6-5-9-16(10-14)20-25-26-21(29)27(20)13-19(28)22-18-12-17(23-24-18)11-15-7-3-2-4-8-15/h5-6,9-10,12,15H,2-4,7-8,11,13H2,1H3,(H,26,29)(H2,22,23,24,28). The van der Waals surface area contributed by atoms with Gasteiger partial charge in [0.2, 0.25) is 5.91 Å². The summed E-state index contributed by atoms with van der Waals surface area (Å²) in [5, 5.41) is 17.3. The average molecular weight is 411 g/mol. The second kappa shape index (κ2) is 8.73. The predicted molar refractivity (Wildman–Crippen MR) is 115 cm³/mol. The van der Waals surface area contributed by atoms with Gasteiger partial charge in [0.1, 0.15) is 6.54 Å². The van der Waals surface area contributed by atoms with Gasteiger partial charge in [-0.1, -0.05) is 55.9 Å². The van der Waals surface area contributed by atoms with E-state index in [1.807, 2.05) is 37.3 Å². The van der Waals surface area contributed by atoms with Gasteiger partial charge in [-0.05, 0) is 37.5 Å². The van der Waals surface area contributed by atoms with E-state index in [4.69, 9.17) is 12.2 Å². The highest BCUT2D eigenvalue weighted by Gasteiger charge is 2.17. The van der Waals surface area contributed by atoms with Gasteiger partial charge in [-0.3, -0.25) is 19.6 Å². The van der Waals surface area contributed by atoms with Crippen LogP contribution in [-0.2, 0) is 17.8 Å². The van der Waals surface area contributed by atoms with Crippen LogP contribution >= 0.6 is 12.2 Å². The van der Waals surface area contributed by atoms with Crippen LogP contribution in [-0.4, -0.2) is 30.9 Å². The number of amides is 1. The highest BCUT2D eigenvalue weighted by atomic mass is 32.1. The number of nitrogens with one attached hydrogen (secondary N) is 3. The molecule has 1 fully saturated rings. The molecule has 3 aromatic rings. The Morgan fingerprint density at radius 3 is 2.83 bits per heavy atom. The summed E-state index contributed by atoms with van der Waals surface area (Å²) in [6.07, 6.45) is 7.53. The number of rotatable bonds is 6. The highest BCUT2D eigenvalue weighted by Crippen LogP contribution is 2.26. The van der Waals surface area contributed by atoms with E-state index < -0.39 is 0 Å². The lowest BCUT2D eigenvalue weighted by molar-refractivity contribution is -0.116. The minimum atomic E-state index is -0.188. The van der Waals surface area contributed by atoms with Gasteiger partial charge in [-0.25, -0.2) is 0 Å². The molecule has 1 aromatic carbocycles. The van der Waals surface area contributed by atoms with E-state index in [2.05, 4.69) is 25.7 Å². The maximum absolute atomic E-state index is 12.6. The van der Waals surface area contributed by atoms with Crippen molar-refractivity contribution in [3.05, 3.63) is 46.4 Å². The quantitative estimate of drug-likeness (QED) is 0.525. The molecule has 0 saturated heterocycles. The van der Waals surface area contributed by atoms with E-state index in [-0.39, 0.29) is 12.5 Å². The average Bonchev–Trinajstić information content (AvgIpc) is 3.29. The number of carbonyl (C=O) groups excluding carboxylic acids is 1. The van der Waals surface area contributed by atoms with Gasteiger partial charge in [0.05, 0.1) is 0 Å². The SMILES string of the molecule is Cc1cccc(-c2n[nH]c(=S)n2CC(=O)Nc2cc(CC3CCCCC3)[nH]n2)c1. The van der Waals surface area contributed by atoms with Crippen LogP contribution in [0.15, 0.2) is 30.3 Å². The number of aromatic nitrogens is 5. The van der Waals surface area contributed by atoms with Crippen LogP contribution in [0.2, 0.25) is 0 Å². The minimum absolute atomic E-state index is 0.0728. The smallest absolute Gasteiger partial charge is 0.245 e. The van der Waals surface area contributed by atoms with E-state index in [0.29, 0.717) is 22.3 Å². The number of benzene rings is 1. The summed E-state index contributed by atoms with van der Waals surface area (Å²) in [5.41, 5.74) is 3.11. The Kier molecular flexibility index (Phi) is 5.89. The van der Waals surface area contributed by atoms with Gasteiger partial charge in [0, 0.05) is 17.3 Å². The molecule has 152 valence electrons. The second-order valence-corrected chi connectivity index (χ2v) is 8.23. The monoisotopic (exact) mass is 410 g/mol. The van der Waals surface area contributed by atoms with E-state index in [1.54, 1.807) is 4.57 Å². The topological polar surface area (TPSA) is 91.4 Å². The summed E-state index contributed by atoms with van der Waals surface area (Å²) in [6.45, 7) is 2.09. The van der Waals surface area contributed by atoms with E-state index in [1.165, 1.54) is 32.1 Å². The number of H-pyrrole nitrogens is 2. The third-order valence-electron chi connectivity index (χ3n) is 5.47. The summed E-state index contributed by atoms with van der Waals surface area (Å²) in [7, 11) is 0. The summed E-state index contributed by atoms with van der Waals surface area (Å²) in [4.78, 5) is 12.6. The normalized spacial score (nSPS) is 14.8. The van der Waals surface area contributed by atoms with Crippen LogP contribution in [0.3, 0.4) is 0 Å². The number of nitrogens with zero attached hydrogens (tertiary/aromatic N) is 3. The van der Waals surface area contributed by atoms with Crippen molar-refractivity contribution < 1.29 is 4.79 Å². The largest absolute Gasteiger partial charge is 0.308 e. The van der Waals surface area contributed by atoms with Gasteiger partial charge in [-0.15, -0.1) is 0 Å². The molecule has 1 aliphatic rings. The first-order valence-electron chi connectivity index (χ1n) is 10.1. The Morgan fingerprint density at radius 2 is 2.03 bits per heavy atom. The molecule has 2 aromatic heterocycles. The lowest BCUT2D eigenvalue weighted by Gasteiger charge is -2.20. The fraction of sp³-hybridized carbons (Fsp3) is 0.429. The second-order valence-electron chi connectivity index (χ2n) is 7.84. The van der Waals surface area contributed by atoms with Crippen LogP contribution in [0.25, 0.3) is 11.4 Å². The summed E-state index contributed by atoms with van der Waals surface area (Å²) < 4.78 is 2.12. The van der Waals surface area contributed by atoms with Crippen molar-refractivity contribution in [2.24, 2.45) is 5.92 Å². The Labute approximate surface area is 174 Å². The van der Waals surface area contributed by atoms with Crippen molar-refractivity contribution in [3.8, 4) is 11.4 Å². The van der Waals surface area contributed by atoms with Crippen molar-refractivity contribution in [3.63, 3.8) is 0 Å². The first-order chi connectivity index (χ1) is 14.1. The minimum Gasteiger partial charge on any atom is -0.308 e. The Morgan fingerprint density at radius 1 is 1.21 bits per heavy atom. The van der Waals surface area contributed by atoms with Crippen molar-refractivity contribution in [2.45, 2.75) is 52.0 Å². The molecule has 1 saturated carbocycles. The van der Waals surface area contributed by atoms with Crippen molar-refractivity contribution in [1.29, 1.82) is 0 Å². The number of carbonyl (C=O) groups is 1. The highest BCUT2D eigenvalue weighted by molar-refractivity contribution is 7.71. The number of hydrogen-bond donors (Lipinski definition) is 3. The molecule has 0 unspecified atom stereocenters. The Balaban J connectivity index is 1.42. The van der Waals surface area contributed by atoms with Crippen molar-refractivity contribution in [2.75, 3.05) is 5.32 Å². The molecule has 1 aliphatic carbocycles. The van der Waals surface area contributed by atoms with E-state index in [9.17, 15) is 4.79 Å². The van der Waals surface area contributed by atoms with Crippen LogP contribution in [0.5, 0.6) is 0 Å². The van der Waals surface area contributed by atoms with Gasteiger partial charge in [-0.2, -0.15) is 10.2 Å². The number of hydrogen-bond acceptors (Lipinski definition) is 4. The van der Waals surface area contributed by atoms with E-state index >= 15 is 0 Å². The zero-order valence-electron chi connectivity index (χ0n) is 16.6. The Hall–Kier alpha value is -2.74. The van der Waals surface area contributed by atoms with Gasteiger partial charge in [0.25, 0.3) is 0 Å². The molecule has 0 atom stereocenters. The van der Waals surface area contributed by atoms with Gasteiger partial charge < -0.3 is 5.32 Å². The molecule has 1 amide bonds. The number of anilines is 1. The molecule has 0 spiro atoms. The summed E-state index contributed by atoms with van der Waals surface area (Å²) in [5.74, 6) is 1.72. The first kappa shape index (κ1) is 19.6. The molecule has 0 radical (unpaired) electrons. The fourth-order valence-electron chi connectivity index (χ4n) is 4.03. The van der Waals surface area contributed by atoms with Crippen molar-refractivity contribution in [1.82, 2.24) is 25.0 Å². The van der Waals surface area contributed by atoms with Gasteiger partial charge >= 0.3 is 0 Å². The molecule has 7 nitrogen and oxygen atoms in total. The van der Waals surface area contributed by atoms with Crippen LogP contribution in [0, 0.1) is 17.6 Å². The molecule has 4 rings (SSSR count). The van der Waals surface area contributed by atoms with Gasteiger partial charge in [0.15, 0.2) is 16.4 Å². The lowest BCUT2D eigenvalue weighted by Crippen LogP contribution is -2.19. The fourth-order valence-corrected chi connectivity index (χ4v) is 4.22. The molecule has 3 N–H and O–H groups in total. The predicted octanol–water partition coefficient (Wildman–Crippen LogP) is 4.40. The van der Waals surface area contributed by atoms with Crippen LogP contribution in [0.4, 0.5) is 5.82 Å². The zero-order chi connectivity index (χ0) is 20.2. The molecular formula is C21H26N6OS. The third-order valence-corrected chi connectivity index (χ3v) is 5.78. The van der Waals surface area contributed by atoms with E-state index in [0.717, 1.165) is 23.2 Å². The molecule has 8 heteroatoms. The summed E-state index contributed by atoms with van der Waals surface area (Å²) >= 11 is 5.33. The van der Waals surface area contributed by atoms with Crippen LogP contribution < -0.4 is 5.32 Å². The van der Waals surface area contributed by atoms with Crippen molar-refractivity contribution >= 4 is 23.9 Å². The zero-order valence-corrected chi connectivity index (χ0v) is 17.4. The molecule has 0 aliphatic heterocycles. The first-order valence-corrected chi connectivity index (χ1v) is 10.6. The number of aryl methyl sites for hydroxylation is 1. The third kappa shape index (κ3) is 4.82. The maximum atomic E-state index is 12.6. The number of aromatic amines is 2. The molecular weight excluding hydrogens is 384 g/mol. The summed E-state index contributed by atoms with van der Waals surface area (Å²) in [6, 6.07) is 9.89. The Bertz CT molecular complexity index is 1040. The molecule has 0 bridgehead atoms. The lowest BCUT2D eigenvalue weighted by atomic mass is 9.86. The van der Waals surface area contributed by atoms with Crippen LogP contribution in [0.1, 0.15) is 43.4 Å². The molecule has 2 heterocycles. The maximum Gasteiger partial charge on any atom is 0.245 e.